The van der Waals surface area contributed by atoms with E-state index in [4.69, 9.17) is 4.52 Å². The Balaban J connectivity index is 2.08. The van der Waals surface area contributed by atoms with Crippen LogP contribution in [-0.2, 0) is 9.09 Å². The maximum Gasteiger partial charge on any atom is 0.267 e. The maximum absolute atomic E-state index is 14.3. The van der Waals surface area contributed by atoms with Crippen molar-refractivity contribution in [2.45, 2.75) is 38.2 Å². The summed E-state index contributed by atoms with van der Waals surface area (Å²) in [6, 6.07) is 11.5. The van der Waals surface area contributed by atoms with Crippen molar-refractivity contribution in [2.24, 2.45) is 0 Å². The lowest BCUT2D eigenvalue weighted by molar-refractivity contribution is 0.164. The topological polar surface area (TPSA) is 26.3 Å². The molecule has 1 aliphatic carbocycles. The van der Waals surface area contributed by atoms with Gasteiger partial charge in [-0.05, 0) is 37.1 Å². The summed E-state index contributed by atoms with van der Waals surface area (Å²) in [6.45, 7) is 0. The molecule has 2 aromatic rings. The van der Waals surface area contributed by atoms with E-state index >= 15 is 0 Å². The van der Waals surface area contributed by atoms with Crippen LogP contribution in [0.2, 0.25) is 0 Å². The molecule has 2 aromatic carbocycles. The fourth-order valence-corrected chi connectivity index (χ4v) is 5.40. The van der Waals surface area contributed by atoms with Gasteiger partial charge in [0, 0.05) is 0 Å². The van der Waals surface area contributed by atoms with Crippen LogP contribution in [0.3, 0.4) is 0 Å². The van der Waals surface area contributed by atoms with E-state index in [9.17, 15) is 13.3 Å². The molecule has 23 heavy (non-hydrogen) atoms. The molecular formula is C18H19F2O2P. The summed E-state index contributed by atoms with van der Waals surface area (Å²) in [6.07, 6.45) is 4.40. The van der Waals surface area contributed by atoms with Crippen LogP contribution in [0.5, 0.6) is 0 Å². The van der Waals surface area contributed by atoms with Crippen molar-refractivity contribution < 1.29 is 17.9 Å². The Morgan fingerprint density at radius 2 is 1.30 bits per heavy atom. The summed E-state index contributed by atoms with van der Waals surface area (Å²) in [5.74, 6) is -1.26. The molecule has 0 bridgehead atoms. The summed E-state index contributed by atoms with van der Waals surface area (Å²) >= 11 is 0. The average molecular weight is 336 g/mol. The molecule has 0 amide bonds. The largest absolute Gasteiger partial charge is 0.319 e. The highest BCUT2D eigenvalue weighted by Crippen LogP contribution is 2.49. The zero-order chi connectivity index (χ0) is 16.3. The molecule has 1 aliphatic rings. The van der Waals surface area contributed by atoms with E-state index in [0.29, 0.717) is 0 Å². The normalized spacial score (nSPS) is 16.4. The van der Waals surface area contributed by atoms with Gasteiger partial charge in [0.15, 0.2) is 0 Å². The zero-order valence-corrected chi connectivity index (χ0v) is 13.6. The van der Waals surface area contributed by atoms with E-state index in [-0.39, 0.29) is 16.7 Å². The van der Waals surface area contributed by atoms with Crippen molar-refractivity contribution in [3.63, 3.8) is 0 Å². The van der Waals surface area contributed by atoms with Crippen LogP contribution in [0.25, 0.3) is 0 Å². The van der Waals surface area contributed by atoms with Gasteiger partial charge < -0.3 is 4.52 Å². The maximum atomic E-state index is 14.3. The number of rotatable bonds is 4. The number of benzene rings is 2. The van der Waals surface area contributed by atoms with Crippen molar-refractivity contribution in [3.05, 3.63) is 60.2 Å². The summed E-state index contributed by atoms with van der Waals surface area (Å²) in [7, 11) is -3.82. The second-order valence-electron chi connectivity index (χ2n) is 5.82. The highest BCUT2D eigenvalue weighted by molar-refractivity contribution is 7.74. The molecule has 0 radical (unpaired) electrons. The van der Waals surface area contributed by atoms with Crippen LogP contribution in [0.15, 0.2) is 48.5 Å². The minimum absolute atomic E-state index is 0.0596. The SMILES string of the molecule is O=P(OC1CCCCC1)(c1ccccc1F)c1ccccc1F. The fourth-order valence-electron chi connectivity index (χ4n) is 3.00. The molecule has 5 heteroatoms. The summed E-state index contributed by atoms with van der Waals surface area (Å²) < 4.78 is 48.1. The minimum atomic E-state index is -3.82. The standard InChI is InChI=1S/C18H19F2O2P/c19-15-10-4-6-12-17(15)23(21,18-13-7-5-11-16(18)20)22-14-8-2-1-3-9-14/h4-7,10-14H,1-3,8-9H2. The van der Waals surface area contributed by atoms with E-state index in [2.05, 4.69) is 0 Å². The monoisotopic (exact) mass is 336 g/mol. The molecule has 0 spiro atoms. The molecule has 0 saturated heterocycles. The summed E-state index contributed by atoms with van der Waals surface area (Å²) in [4.78, 5) is 0. The Bertz CT molecular complexity index is 677. The minimum Gasteiger partial charge on any atom is -0.319 e. The average Bonchev–Trinajstić information content (AvgIpc) is 2.56. The van der Waals surface area contributed by atoms with Gasteiger partial charge in [-0.2, -0.15) is 0 Å². The zero-order valence-electron chi connectivity index (χ0n) is 12.8. The predicted octanol–water partition coefficient (Wildman–Crippen LogP) is 4.54. The Hall–Kier alpha value is -1.51. The first-order valence-electron chi connectivity index (χ1n) is 7.90. The van der Waals surface area contributed by atoms with Gasteiger partial charge in [0.25, 0.3) is 7.37 Å². The van der Waals surface area contributed by atoms with Crippen LogP contribution < -0.4 is 10.6 Å². The van der Waals surface area contributed by atoms with E-state index in [1.54, 1.807) is 12.1 Å². The van der Waals surface area contributed by atoms with Gasteiger partial charge in [0.05, 0.1) is 16.7 Å². The molecule has 1 fully saturated rings. The van der Waals surface area contributed by atoms with Gasteiger partial charge in [-0.3, -0.25) is 4.57 Å². The number of hydrogen-bond acceptors (Lipinski definition) is 2. The van der Waals surface area contributed by atoms with Crippen LogP contribution in [0.1, 0.15) is 32.1 Å². The first-order valence-corrected chi connectivity index (χ1v) is 9.52. The molecule has 0 aliphatic heterocycles. The van der Waals surface area contributed by atoms with Gasteiger partial charge in [0.1, 0.15) is 11.6 Å². The van der Waals surface area contributed by atoms with Gasteiger partial charge in [0.2, 0.25) is 0 Å². The molecule has 0 heterocycles. The second-order valence-corrected chi connectivity index (χ2v) is 8.10. The third-order valence-corrected chi connectivity index (χ3v) is 6.78. The smallest absolute Gasteiger partial charge is 0.267 e. The van der Waals surface area contributed by atoms with E-state index in [1.165, 1.54) is 36.4 Å². The van der Waals surface area contributed by atoms with Crippen LogP contribution >= 0.6 is 7.37 Å². The first kappa shape index (κ1) is 16.4. The molecule has 0 N–H and O–H groups in total. The molecule has 0 aromatic heterocycles. The summed E-state index contributed by atoms with van der Waals surface area (Å²) in [5.41, 5.74) is 0. The molecule has 0 atom stereocenters. The van der Waals surface area contributed by atoms with Gasteiger partial charge in [-0.15, -0.1) is 0 Å². The second kappa shape index (κ2) is 6.94. The van der Waals surface area contributed by atoms with E-state index < -0.39 is 19.0 Å². The predicted molar refractivity (Wildman–Crippen MR) is 87.6 cm³/mol. The lowest BCUT2D eigenvalue weighted by Gasteiger charge is -2.28. The highest BCUT2D eigenvalue weighted by Gasteiger charge is 2.36. The third kappa shape index (κ3) is 3.39. The molecule has 122 valence electrons. The van der Waals surface area contributed by atoms with Gasteiger partial charge in [-0.25, -0.2) is 8.78 Å². The van der Waals surface area contributed by atoms with Crippen LogP contribution in [0.4, 0.5) is 8.78 Å². The lowest BCUT2D eigenvalue weighted by atomic mass is 9.98. The molecular weight excluding hydrogens is 317 g/mol. The van der Waals surface area contributed by atoms with E-state index in [0.717, 1.165) is 32.1 Å². The fraction of sp³-hybridized carbons (Fsp3) is 0.333. The van der Waals surface area contributed by atoms with Crippen LogP contribution in [0, 0.1) is 11.6 Å². The Morgan fingerprint density at radius 3 is 1.78 bits per heavy atom. The van der Waals surface area contributed by atoms with Gasteiger partial charge in [-0.1, -0.05) is 43.5 Å². The quantitative estimate of drug-likeness (QED) is 0.766. The van der Waals surface area contributed by atoms with Crippen molar-refractivity contribution in [3.8, 4) is 0 Å². The van der Waals surface area contributed by atoms with Gasteiger partial charge >= 0.3 is 0 Å². The van der Waals surface area contributed by atoms with Crippen molar-refractivity contribution in [2.75, 3.05) is 0 Å². The molecule has 0 unspecified atom stereocenters. The van der Waals surface area contributed by atoms with E-state index in [1.807, 2.05) is 0 Å². The molecule has 3 rings (SSSR count). The lowest BCUT2D eigenvalue weighted by Crippen LogP contribution is -2.27. The Kier molecular flexibility index (Phi) is 4.93. The summed E-state index contributed by atoms with van der Waals surface area (Å²) in [5, 5.41) is -0.119. The molecule has 2 nitrogen and oxygen atoms in total. The third-order valence-electron chi connectivity index (χ3n) is 4.19. The Labute approximate surface area is 134 Å². The Morgan fingerprint density at radius 1 is 0.826 bits per heavy atom. The highest BCUT2D eigenvalue weighted by atomic mass is 31.2. The van der Waals surface area contributed by atoms with Crippen molar-refractivity contribution >= 4 is 18.0 Å². The number of halogens is 2. The first-order chi connectivity index (χ1) is 11.1. The van der Waals surface area contributed by atoms with Crippen molar-refractivity contribution in [1.82, 2.24) is 0 Å². The van der Waals surface area contributed by atoms with Crippen molar-refractivity contribution in [1.29, 1.82) is 0 Å². The molecule has 1 saturated carbocycles. The van der Waals surface area contributed by atoms with Crippen LogP contribution in [-0.4, -0.2) is 6.10 Å². The number of hydrogen-bond donors (Lipinski definition) is 0.